The highest BCUT2D eigenvalue weighted by Gasteiger charge is 2.16. The lowest BCUT2D eigenvalue weighted by atomic mass is 10.1. The number of rotatable bonds is 7. The molecule has 21 heavy (non-hydrogen) atoms. The van der Waals surface area contributed by atoms with Gasteiger partial charge in [-0.15, -0.1) is 0 Å². The van der Waals surface area contributed by atoms with Gasteiger partial charge in [-0.2, -0.15) is 0 Å². The third-order valence-electron chi connectivity index (χ3n) is 2.75. The fourth-order valence-corrected chi connectivity index (χ4v) is 2.37. The predicted molar refractivity (Wildman–Crippen MR) is 83.6 cm³/mol. The summed E-state index contributed by atoms with van der Waals surface area (Å²) < 4.78 is 34.1. The van der Waals surface area contributed by atoms with Crippen LogP contribution in [-0.4, -0.2) is 46.6 Å². The maximum absolute atomic E-state index is 11.6. The van der Waals surface area contributed by atoms with Gasteiger partial charge >= 0.3 is 0 Å². The van der Waals surface area contributed by atoms with Gasteiger partial charge in [0.05, 0.1) is 11.5 Å². The van der Waals surface area contributed by atoms with Crippen molar-refractivity contribution in [2.45, 2.75) is 37.3 Å². The van der Waals surface area contributed by atoms with Crippen LogP contribution in [0.3, 0.4) is 0 Å². The molecule has 1 atom stereocenters. The molecule has 0 amide bonds. The number of hydrogen-bond donors (Lipinski definition) is 1. The predicted octanol–water partition coefficient (Wildman–Crippen LogP) is 1.87. The van der Waals surface area contributed by atoms with Crippen LogP contribution in [0.15, 0.2) is 29.2 Å². The quantitative estimate of drug-likeness (QED) is 0.832. The van der Waals surface area contributed by atoms with Gasteiger partial charge in [-0.3, -0.25) is 0 Å². The second kappa shape index (κ2) is 7.24. The Hall–Kier alpha value is -1.11. The minimum Gasteiger partial charge on any atom is -0.487 e. The van der Waals surface area contributed by atoms with Crippen molar-refractivity contribution in [3.05, 3.63) is 24.3 Å². The average molecular weight is 315 g/mol. The molecule has 0 saturated carbocycles. The summed E-state index contributed by atoms with van der Waals surface area (Å²) in [7, 11) is -1.62. The summed E-state index contributed by atoms with van der Waals surface area (Å²) in [6.45, 7) is 7.25. The highest BCUT2D eigenvalue weighted by atomic mass is 32.2. The summed E-state index contributed by atoms with van der Waals surface area (Å²) in [6.07, 6.45) is 0.990. The topological polar surface area (TPSA) is 64.6 Å². The first-order chi connectivity index (χ1) is 9.62. The van der Waals surface area contributed by atoms with Crippen molar-refractivity contribution in [2.24, 2.45) is 0 Å². The van der Waals surface area contributed by atoms with Crippen molar-refractivity contribution in [2.75, 3.05) is 26.5 Å². The number of sulfone groups is 1. The van der Waals surface area contributed by atoms with Gasteiger partial charge in [-0.25, -0.2) is 8.42 Å². The van der Waals surface area contributed by atoms with Gasteiger partial charge in [0.1, 0.15) is 11.9 Å². The maximum Gasteiger partial charge on any atom is 0.175 e. The van der Waals surface area contributed by atoms with E-state index >= 15 is 0 Å². The third kappa shape index (κ3) is 6.93. The van der Waals surface area contributed by atoms with Crippen LogP contribution >= 0.6 is 0 Å². The van der Waals surface area contributed by atoms with E-state index in [1.165, 1.54) is 12.3 Å². The summed E-state index contributed by atoms with van der Waals surface area (Å²) in [5.41, 5.74) is -0.0239. The highest BCUT2D eigenvalue weighted by Crippen LogP contribution is 2.18. The van der Waals surface area contributed by atoms with E-state index in [4.69, 9.17) is 9.47 Å². The van der Waals surface area contributed by atoms with E-state index in [0.717, 1.165) is 0 Å². The Morgan fingerprint density at radius 2 is 1.95 bits per heavy atom. The normalized spacial score (nSPS) is 14.0. The molecule has 1 unspecified atom stereocenters. The molecule has 1 aromatic carbocycles. The van der Waals surface area contributed by atoms with E-state index in [9.17, 15) is 8.42 Å². The fraction of sp³-hybridized carbons (Fsp3) is 0.600. The zero-order valence-corrected chi connectivity index (χ0v) is 14.2. The molecule has 0 radical (unpaired) electrons. The van der Waals surface area contributed by atoms with E-state index in [1.54, 1.807) is 25.3 Å². The molecule has 0 aliphatic rings. The number of methoxy groups -OCH3 is 1. The van der Waals surface area contributed by atoms with Gasteiger partial charge in [0.25, 0.3) is 0 Å². The first kappa shape index (κ1) is 17.9. The molecule has 0 spiro atoms. The first-order valence-corrected chi connectivity index (χ1v) is 8.72. The molecule has 1 rings (SSSR count). The van der Waals surface area contributed by atoms with Crippen molar-refractivity contribution < 1.29 is 17.9 Å². The lowest BCUT2D eigenvalue weighted by molar-refractivity contribution is 0.0763. The van der Waals surface area contributed by atoms with Gasteiger partial charge in [0.2, 0.25) is 0 Å². The zero-order chi connectivity index (χ0) is 16.1. The molecule has 0 heterocycles. The second-order valence-corrected chi connectivity index (χ2v) is 8.09. The molecule has 1 aromatic rings. The number of ether oxygens (including phenoxy) is 2. The molecular formula is C15H25NO4S. The van der Waals surface area contributed by atoms with Crippen molar-refractivity contribution in [3.8, 4) is 5.75 Å². The van der Waals surface area contributed by atoms with Crippen LogP contribution in [-0.2, 0) is 14.6 Å². The smallest absolute Gasteiger partial charge is 0.175 e. The van der Waals surface area contributed by atoms with E-state index < -0.39 is 9.84 Å². The van der Waals surface area contributed by atoms with Gasteiger partial charge in [0, 0.05) is 25.4 Å². The molecule has 0 bridgehead atoms. The second-order valence-electron chi connectivity index (χ2n) is 6.07. The van der Waals surface area contributed by atoms with Gasteiger partial charge < -0.3 is 14.8 Å². The van der Waals surface area contributed by atoms with Crippen LogP contribution in [0.4, 0.5) is 0 Å². The number of nitrogens with one attached hydrogen (secondary N) is 1. The summed E-state index contributed by atoms with van der Waals surface area (Å²) >= 11 is 0. The molecular weight excluding hydrogens is 290 g/mol. The highest BCUT2D eigenvalue weighted by molar-refractivity contribution is 7.90. The van der Waals surface area contributed by atoms with Gasteiger partial charge in [-0.1, -0.05) is 6.07 Å². The monoisotopic (exact) mass is 315 g/mol. The summed E-state index contributed by atoms with van der Waals surface area (Å²) in [5, 5.41) is 3.35. The van der Waals surface area contributed by atoms with E-state index in [2.05, 4.69) is 26.1 Å². The van der Waals surface area contributed by atoms with Crippen molar-refractivity contribution >= 4 is 9.84 Å². The molecule has 6 heteroatoms. The van der Waals surface area contributed by atoms with Gasteiger partial charge in [-0.05, 0) is 39.0 Å². The van der Waals surface area contributed by atoms with E-state index in [-0.39, 0.29) is 16.5 Å². The third-order valence-corrected chi connectivity index (χ3v) is 3.86. The van der Waals surface area contributed by atoms with Crippen LogP contribution in [0, 0.1) is 0 Å². The standard InChI is InChI=1S/C15H25NO4S/c1-15(2,3)16-10-13(11-19-4)20-12-7-6-8-14(9-12)21(5,17)18/h6-9,13,16H,10-11H2,1-5H3. The minimum absolute atomic E-state index is 0.0239. The molecule has 120 valence electrons. The van der Waals surface area contributed by atoms with Gasteiger partial charge in [0.15, 0.2) is 9.84 Å². The average Bonchev–Trinajstić information content (AvgIpc) is 2.35. The Kier molecular flexibility index (Phi) is 6.19. The van der Waals surface area contributed by atoms with Crippen LogP contribution in [0.5, 0.6) is 5.75 Å². The van der Waals surface area contributed by atoms with Crippen LogP contribution in [0.2, 0.25) is 0 Å². The Balaban J connectivity index is 2.79. The van der Waals surface area contributed by atoms with Crippen molar-refractivity contribution in [1.82, 2.24) is 5.32 Å². The van der Waals surface area contributed by atoms with E-state index in [1.807, 2.05) is 0 Å². The number of benzene rings is 1. The Labute approximate surface area is 127 Å². The van der Waals surface area contributed by atoms with E-state index in [0.29, 0.717) is 18.9 Å². The van der Waals surface area contributed by atoms with Crippen molar-refractivity contribution in [3.63, 3.8) is 0 Å². The van der Waals surface area contributed by atoms with Crippen LogP contribution < -0.4 is 10.1 Å². The molecule has 5 nitrogen and oxygen atoms in total. The maximum atomic E-state index is 11.6. The largest absolute Gasteiger partial charge is 0.487 e. The molecule has 1 N–H and O–H groups in total. The fourth-order valence-electron chi connectivity index (χ4n) is 1.71. The van der Waals surface area contributed by atoms with Crippen molar-refractivity contribution in [1.29, 1.82) is 0 Å². The summed E-state index contributed by atoms with van der Waals surface area (Å²) in [4.78, 5) is 0.250. The summed E-state index contributed by atoms with van der Waals surface area (Å²) in [6, 6.07) is 6.51. The zero-order valence-electron chi connectivity index (χ0n) is 13.3. The molecule has 0 aliphatic heterocycles. The number of hydrogen-bond acceptors (Lipinski definition) is 5. The van der Waals surface area contributed by atoms with Crippen LogP contribution in [0.1, 0.15) is 20.8 Å². The lowest BCUT2D eigenvalue weighted by Crippen LogP contribution is -2.44. The molecule has 0 aromatic heterocycles. The van der Waals surface area contributed by atoms with Crippen LogP contribution in [0.25, 0.3) is 0 Å². The summed E-state index contributed by atoms with van der Waals surface area (Å²) in [5.74, 6) is 0.524. The minimum atomic E-state index is -3.24. The Morgan fingerprint density at radius 3 is 2.48 bits per heavy atom. The molecule has 0 saturated heterocycles. The first-order valence-electron chi connectivity index (χ1n) is 6.82. The SMILES string of the molecule is COCC(CNC(C)(C)C)Oc1cccc(S(C)(=O)=O)c1. The Bertz CT molecular complexity index is 549. The lowest BCUT2D eigenvalue weighted by Gasteiger charge is -2.25. The molecule has 0 fully saturated rings. The Morgan fingerprint density at radius 1 is 1.29 bits per heavy atom. The molecule has 0 aliphatic carbocycles.